The van der Waals surface area contributed by atoms with E-state index in [1.807, 2.05) is 4.90 Å². The van der Waals surface area contributed by atoms with E-state index in [0.717, 1.165) is 0 Å². The second kappa shape index (κ2) is 6.31. The number of aryl methyl sites for hydroxylation is 2. The molecule has 2 heterocycles. The minimum atomic E-state index is -0.378. The van der Waals surface area contributed by atoms with E-state index < -0.39 is 0 Å². The standard InChI is InChI=1S/C16H18N4O4/c1-11-15(12(2)24-17-11)16(21)19-9-7-18(8-10-19)13-5-3-4-6-14(13)20(22)23/h3-6H,7-10H2,1-2H3. The van der Waals surface area contributed by atoms with Gasteiger partial charge in [0.25, 0.3) is 11.6 Å². The average molecular weight is 330 g/mol. The van der Waals surface area contributed by atoms with E-state index in [-0.39, 0.29) is 16.5 Å². The molecule has 0 bridgehead atoms. The number of amides is 1. The zero-order valence-electron chi connectivity index (χ0n) is 13.6. The molecule has 1 aliphatic heterocycles. The third-order valence-electron chi connectivity index (χ3n) is 4.23. The summed E-state index contributed by atoms with van der Waals surface area (Å²) >= 11 is 0. The molecule has 0 spiro atoms. The van der Waals surface area contributed by atoms with Crippen LogP contribution in [0.1, 0.15) is 21.8 Å². The predicted molar refractivity (Wildman–Crippen MR) is 87.2 cm³/mol. The summed E-state index contributed by atoms with van der Waals surface area (Å²) in [6.07, 6.45) is 0. The molecule has 1 aromatic carbocycles. The van der Waals surface area contributed by atoms with Crippen LogP contribution in [-0.4, -0.2) is 47.1 Å². The molecular weight excluding hydrogens is 312 g/mol. The molecule has 8 heteroatoms. The molecule has 126 valence electrons. The first kappa shape index (κ1) is 16.0. The Morgan fingerprint density at radius 3 is 2.46 bits per heavy atom. The summed E-state index contributed by atoms with van der Waals surface area (Å²) in [6, 6.07) is 6.67. The SMILES string of the molecule is Cc1noc(C)c1C(=O)N1CCN(c2ccccc2[N+](=O)[O-])CC1. The Kier molecular flexibility index (Phi) is 4.20. The van der Waals surface area contributed by atoms with Crippen LogP contribution >= 0.6 is 0 Å². The van der Waals surface area contributed by atoms with E-state index in [0.29, 0.717) is 48.9 Å². The van der Waals surface area contributed by atoms with Crippen LogP contribution in [-0.2, 0) is 0 Å². The molecule has 8 nitrogen and oxygen atoms in total. The quantitative estimate of drug-likeness (QED) is 0.632. The van der Waals surface area contributed by atoms with E-state index in [2.05, 4.69) is 5.16 Å². The number of nitrogens with zero attached hydrogens (tertiary/aromatic N) is 4. The summed E-state index contributed by atoms with van der Waals surface area (Å²) in [5.41, 5.74) is 1.77. The van der Waals surface area contributed by atoms with Gasteiger partial charge in [0.15, 0.2) is 0 Å². The summed E-state index contributed by atoms with van der Waals surface area (Å²) < 4.78 is 5.06. The van der Waals surface area contributed by atoms with Gasteiger partial charge in [-0.1, -0.05) is 17.3 Å². The van der Waals surface area contributed by atoms with E-state index in [1.54, 1.807) is 36.9 Å². The second-order valence-corrected chi connectivity index (χ2v) is 5.72. The van der Waals surface area contributed by atoms with Crippen molar-refractivity contribution in [2.45, 2.75) is 13.8 Å². The van der Waals surface area contributed by atoms with Gasteiger partial charge >= 0.3 is 0 Å². The van der Waals surface area contributed by atoms with Crippen LogP contribution in [0.2, 0.25) is 0 Å². The van der Waals surface area contributed by atoms with E-state index in [4.69, 9.17) is 4.52 Å². The Labute approximate surface area is 138 Å². The molecule has 0 atom stereocenters. The highest BCUT2D eigenvalue weighted by atomic mass is 16.6. The highest BCUT2D eigenvalue weighted by Crippen LogP contribution is 2.28. The third kappa shape index (κ3) is 2.82. The van der Waals surface area contributed by atoms with Crippen molar-refractivity contribution in [3.05, 3.63) is 51.4 Å². The van der Waals surface area contributed by atoms with Crippen LogP contribution in [0.25, 0.3) is 0 Å². The number of nitro groups is 1. The Morgan fingerprint density at radius 1 is 1.21 bits per heavy atom. The van der Waals surface area contributed by atoms with Gasteiger partial charge in [0.1, 0.15) is 17.0 Å². The normalized spacial score (nSPS) is 14.8. The second-order valence-electron chi connectivity index (χ2n) is 5.72. The molecule has 0 unspecified atom stereocenters. The lowest BCUT2D eigenvalue weighted by Gasteiger charge is -2.35. The van der Waals surface area contributed by atoms with Gasteiger partial charge in [0, 0.05) is 32.2 Å². The molecule has 0 saturated carbocycles. The molecule has 1 saturated heterocycles. The van der Waals surface area contributed by atoms with Crippen molar-refractivity contribution in [1.82, 2.24) is 10.1 Å². The summed E-state index contributed by atoms with van der Waals surface area (Å²) in [4.78, 5) is 27.1. The summed E-state index contributed by atoms with van der Waals surface area (Å²) in [5, 5.41) is 15.0. The molecule has 1 fully saturated rings. The zero-order valence-corrected chi connectivity index (χ0v) is 13.6. The minimum absolute atomic E-state index is 0.0861. The number of benzene rings is 1. The van der Waals surface area contributed by atoms with Crippen molar-refractivity contribution in [3.8, 4) is 0 Å². The molecule has 1 amide bonds. The topological polar surface area (TPSA) is 92.7 Å². The molecule has 0 N–H and O–H groups in total. The Bertz CT molecular complexity index is 759. The van der Waals surface area contributed by atoms with Crippen molar-refractivity contribution in [3.63, 3.8) is 0 Å². The van der Waals surface area contributed by atoms with Crippen LogP contribution in [0.5, 0.6) is 0 Å². The molecule has 24 heavy (non-hydrogen) atoms. The van der Waals surface area contributed by atoms with Gasteiger partial charge in [-0.3, -0.25) is 14.9 Å². The average Bonchev–Trinajstić information content (AvgIpc) is 2.93. The lowest BCUT2D eigenvalue weighted by atomic mass is 10.1. The van der Waals surface area contributed by atoms with Crippen LogP contribution in [0.3, 0.4) is 0 Å². The Morgan fingerprint density at radius 2 is 1.88 bits per heavy atom. The van der Waals surface area contributed by atoms with Gasteiger partial charge in [-0.2, -0.15) is 0 Å². The number of anilines is 1. The lowest BCUT2D eigenvalue weighted by Crippen LogP contribution is -2.49. The van der Waals surface area contributed by atoms with Gasteiger partial charge in [-0.25, -0.2) is 0 Å². The predicted octanol–water partition coefficient (Wildman–Crippen LogP) is 2.16. The van der Waals surface area contributed by atoms with E-state index in [1.165, 1.54) is 6.07 Å². The highest BCUT2D eigenvalue weighted by Gasteiger charge is 2.28. The number of hydrogen-bond donors (Lipinski definition) is 0. The molecular formula is C16H18N4O4. The molecule has 1 aromatic heterocycles. The number of carbonyl (C=O) groups is 1. The maximum atomic E-state index is 12.6. The number of para-hydroxylation sites is 2. The molecule has 1 aliphatic rings. The monoisotopic (exact) mass is 330 g/mol. The number of aromatic nitrogens is 1. The zero-order chi connectivity index (χ0) is 17.3. The smallest absolute Gasteiger partial charge is 0.292 e. The van der Waals surface area contributed by atoms with Crippen LogP contribution < -0.4 is 4.90 Å². The van der Waals surface area contributed by atoms with Crippen molar-refractivity contribution >= 4 is 17.3 Å². The van der Waals surface area contributed by atoms with Crippen molar-refractivity contribution in [2.24, 2.45) is 0 Å². The highest BCUT2D eigenvalue weighted by molar-refractivity contribution is 5.96. The van der Waals surface area contributed by atoms with Gasteiger partial charge in [0.2, 0.25) is 0 Å². The summed E-state index contributed by atoms with van der Waals surface area (Å²) in [7, 11) is 0. The lowest BCUT2D eigenvalue weighted by molar-refractivity contribution is -0.384. The fourth-order valence-corrected chi connectivity index (χ4v) is 2.98. The Hall–Kier alpha value is -2.90. The molecule has 3 rings (SSSR count). The number of rotatable bonds is 3. The molecule has 2 aromatic rings. The summed E-state index contributed by atoms with van der Waals surface area (Å²) in [5.74, 6) is 0.409. The minimum Gasteiger partial charge on any atom is -0.362 e. The number of piperazine rings is 1. The Balaban J connectivity index is 1.73. The first-order valence-corrected chi connectivity index (χ1v) is 7.69. The van der Waals surface area contributed by atoms with Crippen LogP contribution in [0.4, 0.5) is 11.4 Å². The molecule has 0 radical (unpaired) electrons. The number of hydrogen-bond acceptors (Lipinski definition) is 6. The van der Waals surface area contributed by atoms with Gasteiger partial charge < -0.3 is 14.3 Å². The van der Waals surface area contributed by atoms with Crippen molar-refractivity contribution < 1.29 is 14.2 Å². The first-order chi connectivity index (χ1) is 11.5. The number of carbonyl (C=O) groups excluding carboxylic acids is 1. The van der Waals surface area contributed by atoms with E-state index in [9.17, 15) is 14.9 Å². The maximum Gasteiger partial charge on any atom is 0.292 e. The van der Waals surface area contributed by atoms with Gasteiger partial charge in [0.05, 0.1) is 10.6 Å². The van der Waals surface area contributed by atoms with Crippen LogP contribution in [0, 0.1) is 24.0 Å². The van der Waals surface area contributed by atoms with Gasteiger partial charge in [-0.05, 0) is 19.9 Å². The third-order valence-corrected chi connectivity index (χ3v) is 4.23. The van der Waals surface area contributed by atoms with Crippen molar-refractivity contribution in [1.29, 1.82) is 0 Å². The van der Waals surface area contributed by atoms with Crippen LogP contribution in [0.15, 0.2) is 28.8 Å². The first-order valence-electron chi connectivity index (χ1n) is 7.69. The summed E-state index contributed by atoms with van der Waals surface area (Å²) in [6.45, 7) is 5.54. The van der Waals surface area contributed by atoms with Gasteiger partial charge in [-0.15, -0.1) is 0 Å². The molecule has 0 aliphatic carbocycles. The fourth-order valence-electron chi connectivity index (χ4n) is 2.98. The fraction of sp³-hybridized carbons (Fsp3) is 0.375. The number of nitro benzene ring substituents is 1. The largest absolute Gasteiger partial charge is 0.362 e. The van der Waals surface area contributed by atoms with Crippen molar-refractivity contribution in [2.75, 3.05) is 31.1 Å². The van der Waals surface area contributed by atoms with E-state index >= 15 is 0 Å². The maximum absolute atomic E-state index is 12.6.